The maximum atomic E-state index is 13.6. The monoisotopic (exact) mass is 265 g/mol. The number of nitrogens with one attached hydrogen (secondary N) is 2. The van der Waals surface area contributed by atoms with Crippen molar-refractivity contribution in [2.24, 2.45) is 0 Å². The van der Waals surface area contributed by atoms with Crippen LogP contribution in [-0.2, 0) is 4.79 Å². The molecule has 19 heavy (non-hydrogen) atoms. The topological polar surface area (TPSA) is 44.4 Å². The van der Waals surface area contributed by atoms with Gasteiger partial charge in [-0.3, -0.25) is 9.69 Å². The highest BCUT2D eigenvalue weighted by molar-refractivity contribution is 5.94. The highest BCUT2D eigenvalue weighted by atomic mass is 19.1. The van der Waals surface area contributed by atoms with Crippen molar-refractivity contribution in [3.63, 3.8) is 0 Å². The first-order valence-electron chi connectivity index (χ1n) is 6.59. The number of piperazine rings is 1. The minimum Gasteiger partial charge on any atom is -0.322 e. The number of hydrogen-bond acceptors (Lipinski definition) is 3. The molecule has 0 aromatic heterocycles. The summed E-state index contributed by atoms with van der Waals surface area (Å²) in [7, 11) is 0. The molecule has 1 unspecified atom stereocenters. The summed E-state index contributed by atoms with van der Waals surface area (Å²) in [6.07, 6.45) is 0. The summed E-state index contributed by atoms with van der Waals surface area (Å²) in [5.74, 6) is -0.558. The van der Waals surface area contributed by atoms with Crippen LogP contribution in [0.5, 0.6) is 0 Å². The lowest BCUT2D eigenvalue weighted by Crippen LogP contribution is -2.51. The number of carbonyl (C=O) groups is 1. The lowest BCUT2D eigenvalue weighted by atomic mass is 10.2. The van der Waals surface area contributed by atoms with Crippen molar-refractivity contribution in [2.45, 2.75) is 19.9 Å². The average Bonchev–Trinajstić information content (AvgIpc) is 2.43. The van der Waals surface area contributed by atoms with Gasteiger partial charge in [0.2, 0.25) is 5.91 Å². The molecule has 104 valence electrons. The number of amides is 1. The van der Waals surface area contributed by atoms with E-state index < -0.39 is 5.82 Å². The summed E-state index contributed by atoms with van der Waals surface area (Å²) in [4.78, 5) is 14.2. The van der Waals surface area contributed by atoms with Crippen molar-refractivity contribution in [3.8, 4) is 0 Å². The van der Waals surface area contributed by atoms with Crippen LogP contribution in [0.2, 0.25) is 0 Å². The summed E-state index contributed by atoms with van der Waals surface area (Å²) < 4.78 is 13.6. The van der Waals surface area contributed by atoms with Crippen molar-refractivity contribution in [3.05, 3.63) is 29.6 Å². The predicted molar refractivity (Wildman–Crippen MR) is 73.7 cm³/mol. The zero-order chi connectivity index (χ0) is 13.8. The van der Waals surface area contributed by atoms with Crippen molar-refractivity contribution >= 4 is 11.6 Å². The molecule has 2 rings (SSSR count). The first kappa shape index (κ1) is 14.0. The molecule has 5 heteroatoms. The molecule has 1 aromatic carbocycles. The number of rotatable bonds is 3. The lowest BCUT2D eigenvalue weighted by Gasteiger charge is -2.31. The Kier molecular flexibility index (Phi) is 4.50. The molecule has 0 spiro atoms. The zero-order valence-electron chi connectivity index (χ0n) is 11.4. The first-order chi connectivity index (χ1) is 9.08. The number of nitrogens with zero attached hydrogens (tertiary/aromatic N) is 1. The van der Waals surface area contributed by atoms with Gasteiger partial charge in [-0.25, -0.2) is 4.39 Å². The highest BCUT2D eigenvalue weighted by Crippen LogP contribution is 2.16. The SMILES string of the molecule is Cc1ccc(F)c(NC(=O)C(C)N2CCNCC2)c1. The fraction of sp³-hybridized carbons (Fsp3) is 0.500. The van der Waals surface area contributed by atoms with Gasteiger partial charge in [0.1, 0.15) is 5.82 Å². The summed E-state index contributed by atoms with van der Waals surface area (Å²) in [5.41, 5.74) is 1.18. The first-order valence-corrected chi connectivity index (χ1v) is 6.59. The molecule has 1 aromatic rings. The van der Waals surface area contributed by atoms with Crippen LogP contribution < -0.4 is 10.6 Å². The molecule has 0 bridgehead atoms. The number of anilines is 1. The van der Waals surface area contributed by atoms with Gasteiger partial charge in [0, 0.05) is 26.2 Å². The number of hydrogen-bond donors (Lipinski definition) is 2. The third-order valence-electron chi connectivity index (χ3n) is 3.46. The summed E-state index contributed by atoms with van der Waals surface area (Å²) >= 11 is 0. The van der Waals surface area contributed by atoms with E-state index in [0.29, 0.717) is 0 Å². The van der Waals surface area contributed by atoms with Crippen LogP contribution in [0.25, 0.3) is 0 Å². The Morgan fingerprint density at radius 2 is 2.11 bits per heavy atom. The minimum absolute atomic E-state index is 0.161. The Labute approximate surface area is 113 Å². The fourth-order valence-corrected chi connectivity index (χ4v) is 2.21. The molecule has 1 atom stereocenters. The van der Waals surface area contributed by atoms with E-state index in [2.05, 4.69) is 15.5 Å². The van der Waals surface area contributed by atoms with Gasteiger partial charge in [0.15, 0.2) is 0 Å². The molecule has 0 radical (unpaired) electrons. The smallest absolute Gasteiger partial charge is 0.241 e. The number of carbonyl (C=O) groups excluding carboxylic acids is 1. The van der Waals surface area contributed by atoms with Crippen molar-refractivity contribution in [1.82, 2.24) is 10.2 Å². The van der Waals surface area contributed by atoms with Gasteiger partial charge in [-0.1, -0.05) is 6.07 Å². The second kappa shape index (κ2) is 6.12. The molecular formula is C14H20FN3O. The second-order valence-electron chi connectivity index (χ2n) is 4.93. The summed E-state index contributed by atoms with van der Waals surface area (Å²) in [6, 6.07) is 4.46. The highest BCUT2D eigenvalue weighted by Gasteiger charge is 2.23. The van der Waals surface area contributed by atoms with E-state index in [4.69, 9.17) is 0 Å². The van der Waals surface area contributed by atoms with Gasteiger partial charge >= 0.3 is 0 Å². The van der Waals surface area contributed by atoms with Gasteiger partial charge in [-0.15, -0.1) is 0 Å². The van der Waals surface area contributed by atoms with Gasteiger partial charge in [0.05, 0.1) is 11.7 Å². The summed E-state index contributed by atoms with van der Waals surface area (Å²) in [6.45, 7) is 7.17. The molecule has 1 aliphatic rings. The van der Waals surface area contributed by atoms with Gasteiger partial charge in [-0.05, 0) is 31.5 Å². The molecule has 1 amide bonds. The molecule has 1 fully saturated rings. The quantitative estimate of drug-likeness (QED) is 0.867. The van der Waals surface area contributed by atoms with Crippen molar-refractivity contribution < 1.29 is 9.18 Å². The standard InChI is InChI=1S/C14H20FN3O/c1-10-3-4-12(15)13(9-10)17-14(19)11(2)18-7-5-16-6-8-18/h3-4,9,11,16H,5-8H2,1-2H3,(H,17,19). The molecule has 1 heterocycles. The normalized spacial score (nSPS) is 18.1. The largest absolute Gasteiger partial charge is 0.322 e. The van der Waals surface area contributed by atoms with Crippen LogP contribution in [0.15, 0.2) is 18.2 Å². The molecular weight excluding hydrogens is 245 g/mol. The van der Waals surface area contributed by atoms with Crippen LogP contribution in [0.4, 0.5) is 10.1 Å². The van der Waals surface area contributed by atoms with Crippen LogP contribution in [0, 0.1) is 12.7 Å². The molecule has 1 aliphatic heterocycles. The predicted octanol–water partition coefficient (Wildman–Crippen LogP) is 1.37. The Morgan fingerprint density at radius 3 is 2.79 bits per heavy atom. The van der Waals surface area contributed by atoms with Crippen LogP contribution in [0.3, 0.4) is 0 Å². The van der Waals surface area contributed by atoms with Crippen LogP contribution >= 0.6 is 0 Å². The lowest BCUT2D eigenvalue weighted by molar-refractivity contribution is -0.121. The van der Waals surface area contributed by atoms with Gasteiger partial charge in [-0.2, -0.15) is 0 Å². The number of benzene rings is 1. The van der Waals surface area contributed by atoms with Crippen LogP contribution in [-0.4, -0.2) is 43.0 Å². The van der Waals surface area contributed by atoms with Crippen molar-refractivity contribution in [2.75, 3.05) is 31.5 Å². The number of halogens is 1. The minimum atomic E-state index is -0.397. The fourth-order valence-electron chi connectivity index (χ4n) is 2.21. The molecule has 0 saturated carbocycles. The van der Waals surface area contributed by atoms with E-state index in [9.17, 15) is 9.18 Å². The molecule has 2 N–H and O–H groups in total. The Balaban J connectivity index is 2.01. The van der Waals surface area contributed by atoms with Crippen molar-refractivity contribution in [1.29, 1.82) is 0 Å². The maximum Gasteiger partial charge on any atom is 0.241 e. The number of aryl methyl sites for hydroxylation is 1. The third kappa shape index (κ3) is 3.52. The van der Waals surface area contributed by atoms with Gasteiger partial charge in [0.25, 0.3) is 0 Å². The Hall–Kier alpha value is -1.46. The van der Waals surface area contributed by atoms with E-state index in [0.717, 1.165) is 31.7 Å². The van der Waals surface area contributed by atoms with E-state index >= 15 is 0 Å². The van der Waals surface area contributed by atoms with E-state index in [-0.39, 0.29) is 17.6 Å². The zero-order valence-corrected chi connectivity index (χ0v) is 11.4. The molecule has 4 nitrogen and oxygen atoms in total. The van der Waals surface area contributed by atoms with E-state index in [1.807, 2.05) is 13.8 Å². The van der Waals surface area contributed by atoms with E-state index in [1.54, 1.807) is 12.1 Å². The Bertz CT molecular complexity index is 458. The van der Waals surface area contributed by atoms with Gasteiger partial charge < -0.3 is 10.6 Å². The second-order valence-corrected chi connectivity index (χ2v) is 4.93. The average molecular weight is 265 g/mol. The van der Waals surface area contributed by atoms with Crippen LogP contribution in [0.1, 0.15) is 12.5 Å². The maximum absolute atomic E-state index is 13.6. The molecule has 1 saturated heterocycles. The Morgan fingerprint density at radius 1 is 1.42 bits per heavy atom. The summed E-state index contributed by atoms with van der Waals surface area (Å²) in [5, 5.41) is 5.91. The third-order valence-corrected chi connectivity index (χ3v) is 3.46. The van der Waals surface area contributed by atoms with E-state index in [1.165, 1.54) is 6.07 Å². The molecule has 0 aliphatic carbocycles.